The van der Waals surface area contributed by atoms with Crippen molar-refractivity contribution in [2.75, 3.05) is 18.0 Å². The predicted molar refractivity (Wildman–Crippen MR) is 79.4 cm³/mol. The van der Waals surface area contributed by atoms with Gasteiger partial charge in [0.1, 0.15) is 0 Å². The molecule has 1 unspecified atom stereocenters. The SMILES string of the molecule is Cc1ccc(N2C(C)CNCCC2(C)C)c(C)c1. The summed E-state index contributed by atoms with van der Waals surface area (Å²) in [6.45, 7) is 13.6. The second-order valence-electron chi connectivity index (χ2n) is 6.28. The molecule has 1 aromatic rings. The van der Waals surface area contributed by atoms with E-state index in [1.54, 1.807) is 0 Å². The second-order valence-corrected chi connectivity index (χ2v) is 6.28. The highest BCUT2D eigenvalue weighted by molar-refractivity contribution is 5.57. The molecule has 1 fully saturated rings. The van der Waals surface area contributed by atoms with Crippen LogP contribution in [0.25, 0.3) is 0 Å². The smallest absolute Gasteiger partial charge is 0.0403 e. The Morgan fingerprint density at radius 2 is 2.00 bits per heavy atom. The zero-order valence-corrected chi connectivity index (χ0v) is 12.4. The molecule has 0 saturated carbocycles. The molecular formula is C16H26N2. The van der Waals surface area contributed by atoms with Gasteiger partial charge in [-0.05, 0) is 59.2 Å². The molecule has 18 heavy (non-hydrogen) atoms. The minimum Gasteiger partial charge on any atom is -0.362 e. The molecule has 0 radical (unpaired) electrons. The highest BCUT2D eigenvalue weighted by atomic mass is 15.2. The third-order valence-electron chi connectivity index (χ3n) is 4.06. The lowest BCUT2D eigenvalue weighted by atomic mass is 9.94. The Morgan fingerprint density at radius 1 is 1.28 bits per heavy atom. The van der Waals surface area contributed by atoms with Crippen LogP contribution in [-0.2, 0) is 0 Å². The van der Waals surface area contributed by atoms with Gasteiger partial charge < -0.3 is 10.2 Å². The zero-order valence-electron chi connectivity index (χ0n) is 12.4. The fraction of sp³-hybridized carbons (Fsp3) is 0.625. The quantitative estimate of drug-likeness (QED) is 0.818. The molecule has 0 bridgehead atoms. The molecule has 1 aromatic carbocycles. The number of rotatable bonds is 1. The molecule has 0 amide bonds. The first-order chi connectivity index (χ1) is 8.42. The van der Waals surface area contributed by atoms with Crippen molar-refractivity contribution in [2.45, 2.75) is 52.6 Å². The average molecular weight is 246 g/mol. The third-order valence-corrected chi connectivity index (χ3v) is 4.06. The van der Waals surface area contributed by atoms with Crippen LogP contribution in [0.5, 0.6) is 0 Å². The van der Waals surface area contributed by atoms with E-state index in [9.17, 15) is 0 Å². The minimum absolute atomic E-state index is 0.211. The van der Waals surface area contributed by atoms with Gasteiger partial charge in [0.2, 0.25) is 0 Å². The monoisotopic (exact) mass is 246 g/mol. The Morgan fingerprint density at radius 3 is 2.67 bits per heavy atom. The molecule has 2 nitrogen and oxygen atoms in total. The second kappa shape index (κ2) is 4.93. The number of aryl methyl sites for hydroxylation is 2. The average Bonchev–Trinajstić information content (AvgIpc) is 2.39. The molecule has 1 saturated heterocycles. The summed E-state index contributed by atoms with van der Waals surface area (Å²) in [5.74, 6) is 0. The number of nitrogens with zero attached hydrogens (tertiary/aromatic N) is 1. The molecule has 0 aliphatic carbocycles. The normalized spacial score (nSPS) is 23.8. The Balaban J connectivity index is 2.43. The molecule has 1 N–H and O–H groups in total. The molecule has 1 heterocycles. The number of hydrogen-bond acceptors (Lipinski definition) is 2. The maximum Gasteiger partial charge on any atom is 0.0403 e. The van der Waals surface area contributed by atoms with Crippen molar-refractivity contribution in [1.29, 1.82) is 0 Å². The number of nitrogens with one attached hydrogen (secondary N) is 1. The van der Waals surface area contributed by atoms with Gasteiger partial charge in [-0.2, -0.15) is 0 Å². The highest BCUT2D eigenvalue weighted by Crippen LogP contribution is 2.32. The van der Waals surface area contributed by atoms with Gasteiger partial charge in [-0.1, -0.05) is 17.7 Å². The Hall–Kier alpha value is -1.02. The predicted octanol–water partition coefficient (Wildman–Crippen LogP) is 3.27. The number of hydrogen-bond donors (Lipinski definition) is 1. The number of benzene rings is 1. The van der Waals surface area contributed by atoms with E-state index < -0.39 is 0 Å². The van der Waals surface area contributed by atoms with Crippen molar-refractivity contribution in [3.63, 3.8) is 0 Å². The summed E-state index contributed by atoms with van der Waals surface area (Å²) in [4.78, 5) is 2.60. The van der Waals surface area contributed by atoms with Gasteiger partial charge in [0.05, 0.1) is 0 Å². The minimum atomic E-state index is 0.211. The van der Waals surface area contributed by atoms with Gasteiger partial charge in [0.25, 0.3) is 0 Å². The Bertz CT molecular complexity index is 423. The van der Waals surface area contributed by atoms with Gasteiger partial charge in [-0.3, -0.25) is 0 Å². The fourth-order valence-corrected chi connectivity index (χ4v) is 3.15. The standard InChI is InChI=1S/C16H26N2/c1-12-6-7-15(13(2)10-12)18-14(3)11-17-9-8-16(18,4)5/h6-7,10,14,17H,8-9,11H2,1-5H3. The highest BCUT2D eigenvalue weighted by Gasteiger charge is 2.33. The van der Waals surface area contributed by atoms with Crippen LogP contribution in [0.1, 0.15) is 38.3 Å². The van der Waals surface area contributed by atoms with E-state index >= 15 is 0 Å². The Kier molecular flexibility index (Phi) is 3.67. The van der Waals surface area contributed by atoms with E-state index in [1.165, 1.54) is 23.2 Å². The van der Waals surface area contributed by atoms with E-state index in [1.807, 2.05) is 0 Å². The topological polar surface area (TPSA) is 15.3 Å². The van der Waals surface area contributed by atoms with Gasteiger partial charge in [-0.25, -0.2) is 0 Å². The lowest BCUT2D eigenvalue weighted by molar-refractivity contribution is 0.425. The van der Waals surface area contributed by atoms with Crippen molar-refractivity contribution in [1.82, 2.24) is 5.32 Å². The first-order valence-corrected chi connectivity index (χ1v) is 6.99. The van der Waals surface area contributed by atoms with E-state index in [2.05, 4.69) is 63.0 Å². The maximum absolute atomic E-state index is 3.54. The lowest BCUT2D eigenvalue weighted by Gasteiger charge is -2.43. The zero-order chi connectivity index (χ0) is 13.3. The molecule has 0 aromatic heterocycles. The van der Waals surface area contributed by atoms with Crippen LogP contribution >= 0.6 is 0 Å². The molecule has 2 rings (SSSR count). The third kappa shape index (κ3) is 2.54. The molecule has 1 aliphatic heterocycles. The van der Waals surface area contributed by atoms with Crippen molar-refractivity contribution >= 4 is 5.69 Å². The van der Waals surface area contributed by atoms with Crippen LogP contribution in [0.2, 0.25) is 0 Å². The lowest BCUT2D eigenvalue weighted by Crippen LogP contribution is -2.50. The van der Waals surface area contributed by atoms with Crippen LogP contribution in [0, 0.1) is 13.8 Å². The largest absolute Gasteiger partial charge is 0.362 e. The van der Waals surface area contributed by atoms with Crippen LogP contribution in [0.4, 0.5) is 5.69 Å². The summed E-state index contributed by atoms with van der Waals surface area (Å²) in [6, 6.07) is 7.33. The molecule has 1 aliphatic rings. The van der Waals surface area contributed by atoms with Crippen molar-refractivity contribution in [3.8, 4) is 0 Å². The van der Waals surface area contributed by atoms with Gasteiger partial charge in [0.15, 0.2) is 0 Å². The first kappa shape index (κ1) is 13.4. The van der Waals surface area contributed by atoms with Crippen molar-refractivity contribution < 1.29 is 0 Å². The summed E-state index contributed by atoms with van der Waals surface area (Å²) in [7, 11) is 0. The van der Waals surface area contributed by atoms with Crippen LogP contribution in [-0.4, -0.2) is 24.7 Å². The summed E-state index contributed by atoms with van der Waals surface area (Å²) in [6.07, 6.45) is 1.19. The number of anilines is 1. The van der Waals surface area contributed by atoms with Crippen LogP contribution < -0.4 is 10.2 Å². The van der Waals surface area contributed by atoms with Crippen molar-refractivity contribution in [2.24, 2.45) is 0 Å². The maximum atomic E-state index is 3.54. The Labute approximate surface area is 111 Å². The van der Waals surface area contributed by atoms with E-state index in [0.29, 0.717) is 6.04 Å². The van der Waals surface area contributed by atoms with E-state index in [0.717, 1.165) is 13.1 Å². The van der Waals surface area contributed by atoms with Gasteiger partial charge in [-0.15, -0.1) is 0 Å². The molecule has 0 spiro atoms. The summed E-state index contributed by atoms with van der Waals surface area (Å²) in [5.41, 5.74) is 4.33. The van der Waals surface area contributed by atoms with Gasteiger partial charge in [0, 0.05) is 23.8 Å². The van der Waals surface area contributed by atoms with E-state index in [-0.39, 0.29) is 5.54 Å². The van der Waals surface area contributed by atoms with Gasteiger partial charge >= 0.3 is 0 Å². The first-order valence-electron chi connectivity index (χ1n) is 6.99. The van der Waals surface area contributed by atoms with Crippen molar-refractivity contribution in [3.05, 3.63) is 29.3 Å². The van der Waals surface area contributed by atoms with E-state index in [4.69, 9.17) is 0 Å². The van der Waals surface area contributed by atoms with Crippen LogP contribution in [0.15, 0.2) is 18.2 Å². The molecular weight excluding hydrogens is 220 g/mol. The molecule has 2 heteroatoms. The summed E-state index contributed by atoms with van der Waals surface area (Å²) < 4.78 is 0. The van der Waals surface area contributed by atoms with Crippen LogP contribution in [0.3, 0.4) is 0 Å². The summed E-state index contributed by atoms with van der Waals surface area (Å²) in [5, 5.41) is 3.54. The molecule has 1 atom stereocenters. The summed E-state index contributed by atoms with van der Waals surface area (Å²) >= 11 is 0. The molecule has 100 valence electrons. The fourth-order valence-electron chi connectivity index (χ4n) is 3.15.